The van der Waals surface area contributed by atoms with Crippen molar-refractivity contribution in [2.45, 2.75) is 44.8 Å². The standard InChI is InChI=1S/C26H30N8O/c1-2-33-16-23(26(31-33)20-4-3-8-27-14-20)24-5-9-28-25(30-24)12-19-13-29-34(15-19)21-6-10-32(11-7-21)22-17-35-18-22/h3-5,8-9,13-16,21-22H,2,6-7,10-12,17-18H2,1H3. The normalized spacial score (nSPS) is 17.5. The van der Waals surface area contributed by atoms with Gasteiger partial charge in [0.1, 0.15) is 11.5 Å². The third kappa shape index (κ3) is 4.61. The van der Waals surface area contributed by atoms with Crippen LogP contribution in [0.25, 0.3) is 22.5 Å². The molecule has 0 N–H and O–H groups in total. The molecular weight excluding hydrogens is 440 g/mol. The Kier molecular flexibility index (Phi) is 6.10. The van der Waals surface area contributed by atoms with Crippen molar-refractivity contribution >= 4 is 0 Å². The number of piperidine rings is 1. The summed E-state index contributed by atoms with van der Waals surface area (Å²) in [5.41, 5.74) is 4.86. The molecule has 2 aliphatic rings. The lowest BCUT2D eigenvalue weighted by Crippen LogP contribution is -2.51. The Balaban J connectivity index is 1.18. The number of rotatable bonds is 7. The molecule has 6 rings (SSSR count). The van der Waals surface area contributed by atoms with Crippen molar-refractivity contribution in [1.29, 1.82) is 0 Å². The first-order chi connectivity index (χ1) is 17.3. The van der Waals surface area contributed by atoms with Gasteiger partial charge in [-0.25, -0.2) is 9.97 Å². The maximum Gasteiger partial charge on any atom is 0.133 e. The van der Waals surface area contributed by atoms with Crippen molar-refractivity contribution < 1.29 is 4.74 Å². The lowest BCUT2D eigenvalue weighted by atomic mass is 10.0. The number of pyridine rings is 1. The van der Waals surface area contributed by atoms with Crippen LogP contribution in [0.2, 0.25) is 0 Å². The van der Waals surface area contributed by atoms with E-state index in [9.17, 15) is 0 Å². The summed E-state index contributed by atoms with van der Waals surface area (Å²) in [5, 5.41) is 9.45. The summed E-state index contributed by atoms with van der Waals surface area (Å²) in [6.45, 7) is 6.88. The highest BCUT2D eigenvalue weighted by atomic mass is 16.5. The van der Waals surface area contributed by atoms with Gasteiger partial charge in [0, 0.05) is 68.2 Å². The minimum atomic E-state index is 0.454. The molecule has 0 unspecified atom stereocenters. The van der Waals surface area contributed by atoms with E-state index in [1.165, 1.54) is 0 Å². The van der Waals surface area contributed by atoms with Crippen molar-refractivity contribution in [3.8, 4) is 22.5 Å². The summed E-state index contributed by atoms with van der Waals surface area (Å²) in [7, 11) is 0. The number of nitrogens with zero attached hydrogens (tertiary/aromatic N) is 8. The monoisotopic (exact) mass is 470 g/mol. The van der Waals surface area contributed by atoms with E-state index in [-0.39, 0.29) is 0 Å². The Morgan fingerprint density at radius 1 is 1.03 bits per heavy atom. The molecule has 4 aromatic rings. The predicted molar refractivity (Wildman–Crippen MR) is 132 cm³/mol. The first kappa shape index (κ1) is 22.1. The number of aromatic nitrogens is 7. The van der Waals surface area contributed by atoms with Gasteiger partial charge in [0.2, 0.25) is 0 Å². The van der Waals surface area contributed by atoms with Crippen LogP contribution in [-0.2, 0) is 17.7 Å². The van der Waals surface area contributed by atoms with Crippen molar-refractivity contribution in [2.75, 3.05) is 26.3 Å². The molecule has 0 aromatic carbocycles. The molecule has 0 spiro atoms. The third-order valence-electron chi connectivity index (χ3n) is 7.03. The van der Waals surface area contributed by atoms with Gasteiger partial charge in [0.05, 0.1) is 37.2 Å². The molecule has 9 nitrogen and oxygen atoms in total. The average molecular weight is 471 g/mol. The zero-order valence-electron chi connectivity index (χ0n) is 20.0. The van der Waals surface area contributed by atoms with Gasteiger partial charge in [-0.1, -0.05) is 0 Å². The molecule has 0 amide bonds. The van der Waals surface area contributed by atoms with E-state index in [1.54, 1.807) is 6.20 Å². The second kappa shape index (κ2) is 9.67. The Morgan fingerprint density at radius 2 is 1.91 bits per heavy atom. The van der Waals surface area contributed by atoms with Gasteiger partial charge in [-0.15, -0.1) is 0 Å². The highest BCUT2D eigenvalue weighted by Crippen LogP contribution is 2.30. The molecule has 0 aliphatic carbocycles. The van der Waals surface area contributed by atoms with Crippen LogP contribution in [0.1, 0.15) is 37.2 Å². The SMILES string of the molecule is CCn1cc(-c2ccnc(Cc3cnn(C4CCN(C5COC5)CC4)c3)n2)c(-c2cccnc2)n1. The number of likely N-dealkylation sites (tertiary alicyclic amines) is 1. The van der Waals surface area contributed by atoms with E-state index in [1.807, 2.05) is 41.5 Å². The van der Waals surface area contributed by atoms with Crippen LogP contribution in [0.15, 0.2) is 55.4 Å². The maximum atomic E-state index is 5.35. The first-order valence-electron chi connectivity index (χ1n) is 12.4. The average Bonchev–Trinajstić information content (AvgIpc) is 3.52. The van der Waals surface area contributed by atoms with Crippen molar-refractivity contribution in [3.63, 3.8) is 0 Å². The van der Waals surface area contributed by atoms with Gasteiger partial charge >= 0.3 is 0 Å². The quantitative estimate of drug-likeness (QED) is 0.410. The molecule has 0 radical (unpaired) electrons. The van der Waals surface area contributed by atoms with E-state index < -0.39 is 0 Å². The molecule has 0 bridgehead atoms. The maximum absolute atomic E-state index is 5.35. The van der Waals surface area contributed by atoms with Crippen LogP contribution >= 0.6 is 0 Å². The van der Waals surface area contributed by atoms with Gasteiger partial charge in [-0.2, -0.15) is 10.2 Å². The van der Waals surface area contributed by atoms with E-state index in [2.05, 4.69) is 44.0 Å². The van der Waals surface area contributed by atoms with Crippen molar-refractivity contribution in [1.82, 2.24) is 39.4 Å². The molecule has 9 heteroatoms. The summed E-state index contributed by atoms with van der Waals surface area (Å²) < 4.78 is 9.43. The number of ether oxygens (including phenoxy) is 1. The van der Waals surface area contributed by atoms with Crippen molar-refractivity contribution in [2.24, 2.45) is 0 Å². The highest BCUT2D eigenvalue weighted by Gasteiger charge is 2.30. The highest BCUT2D eigenvalue weighted by molar-refractivity contribution is 5.78. The molecule has 4 aromatic heterocycles. The van der Waals surface area contributed by atoms with E-state index in [0.29, 0.717) is 18.5 Å². The first-order valence-corrected chi connectivity index (χ1v) is 12.4. The number of hydrogen-bond acceptors (Lipinski definition) is 7. The Morgan fingerprint density at radius 3 is 2.66 bits per heavy atom. The topological polar surface area (TPSA) is 86.8 Å². The lowest BCUT2D eigenvalue weighted by molar-refractivity contribution is -0.0734. The Labute approximate surface area is 204 Å². The van der Waals surface area contributed by atoms with Crippen LogP contribution in [0, 0.1) is 0 Å². The molecule has 6 heterocycles. The van der Waals surface area contributed by atoms with Crippen LogP contribution in [0.4, 0.5) is 0 Å². The van der Waals surface area contributed by atoms with Crippen LogP contribution in [0.5, 0.6) is 0 Å². The molecule has 180 valence electrons. The fraction of sp³-hybridized carbons (Fsp3) is 0.423. The zero-order valence-corrected chi connectivity index (χ0v) is 20.0. The molecular formula is C26H30N8O. The summed E-state index contributed by atoms with van der Waals surface area (Å²) in [6, 6.07) is 6.98. The van der Waals surface area contributed by atoms with Gasteiger partial charge in [-0.3, -0.25) is 19.2 Å². The summed E-state index contributed by atoms with van der Waals surface area (Å²) in [5.74, 6) is 0.781. The van der Waals surface area contributed by atoms with E-state index in [0.717, 1.165) is 79.6 Å². The molecule has 0 saturated carbocycles. The van der Waals surface area contributed by atoms with Gasteiger partial charge in [0.15, 0.2) is 0 Å². The zero-order chi connectivity index (χ0) is 23.6. The van der Waals surface area contributed by atoms with Gasteiger partial charge < -0.3 is 4.74 Å². The van der Waals surface area contributed by atoms with Gasteiger partial charge in [-0.05, 0) is 43.5 Å². The van der Waals surface area contributed by atoms with Crippen LogP contribution < -0.4 is 0 Å². The summed E-state index contributed by atoms with van der Waals surface area (Å²) in [6.07, 6.45) is 14.5. The molecule has 2 aliphatic heterocycles. The predicted octanol–water partition coefficient (Wildman–Crippen LogP) is 3.25. The fourth-order valence-electron chi connectivity index (χ4n) is 4.92. The summed E-state index contributed by atoms with van der Waals surface area (Å²) >= 11 is 0. The molecule has 2 fully saturated rings. The molecule has 0 atom stereocenters. The molecule has 35 heavy (non-hydrogen) atoms. The van der Waals surface area contributed by atoms with Crippen molar-refractivity contribution in [3.05, 3.63) is 66.8 Å². The molecule has 2 saturated heterocycles. The minimum Gasteiger partial charge on any atom is -0.378 e. The fourth-order valence-corrected chi connectivity index (χ4v) is 4.92. The third-order valence-corrected chi connectivity index (χ3v) is 7.03. The second-order valence-electron chi connectivity index (χ2n) is 9.31. The van der Waals surface area contributed by atoms with Crippen LogP contribution in [-0.4, -0.2) is 71.8 Å². The Bertz CT molecular complexity index is 1270. The summed E-state index contributed by atoms with van der Waals surface area (Å²) in [4.78, 5) is 16.3. The lowest BCUT2D eigenvalue weighted by Gasteiger charge is -2.41. The van der Waals surface area contributed by atoms with E-state index >= 15 is 0 Å². The minimum absolute atomic E-state index is 0.454. The van der Waals surface area contributed by atoms with Gasteiger partial charge in [0.25, 0.3) is 0 Å². The van der Waals surface area contributed by atoms with E-state index in [4.69, 9.17) is 14.8 Å². The number of hydrogen-bond donors (Lipinski definition) is 0. The largest absolute Gasteiger partial charge is 0.378 e. The smallest absolute Gasteiger partial charge is 0.133 e. The number of aryl methyl sites for hydroxylation is 1. The van der Waals surface area contributed by atoms with Crippen LogP contribution in [0.3, 0.4) is 0 Å². The second-order valence-corrected chi connectivity index (χ2v) is 9.31. The Hall–Kier alpha value is -3.43.